The van der Waals surface area contributed by atoms with Gasteiger partial charge in [0.05, 0.1) is 12.8 Å². The number of hydrogen-bond donors (Lipinski definition) is 1. The Balaban J connectivity index is 1.39. The molecule has 0 unspecified atom stereocenters. The van der Waals surface area contributed by atoms with Crippen LogP contribution in [0.25, 0.3) is 11.0 Å². The molecule has 0 fully saturated rings. The number of methoxy groups -OCH3 is 1. The summed E-state index contributed by atoms with van der Waals surface area (Å²) in [7, 11) is 1.57. The van der Waals surface area contributed by atoms with Crippen LogP contribution in [0, 0.1) is 0 Å². The molecule has 0 radical (unpaired) electrons. The molecule has 0 aliphatic carbocycles. The van der Waals surface area contributed by atoms with Gasteiger partial charge in [-0.3, -0.25) is 9.59 Å². The van der Waals surface area contributed by atoms with Gasteiger partial charge in [-0.2, -0.15) is 0 Å². The van der Waals surface area contributed by atoms with Crippen LogP contribution in [0.2, 0.25) is 0 Å². The molecule has 1 aliphatic rings. The van der Waals surface area contributed by atoms with Crippen LogP contribution in [0.4, 0.5) is 5.69 Å². The van der Waals surface area contributed by atoms with Gasteiger partial charge in [0.25, 0.3) is 5.91 Å². The Kier molecular flexibility index (Phi) is 5.78. The zero-order valence-corrected chi connectivity index (χ0v) is 18.3. The minimum absolute atomic E-state index is 0.0238. The van der Waals surface area contributed by atoms with E-state index in [-0.39, 0.29) is 18.2 Å². The molecule has 0 spiro atoms. The van der Waals surface area contributed by atoms with E-state index in [0.717, 1.165) is 0 Å². The van der Waals surface area contributed by atoms with E-state index in [1.807, 2.05) is 0 Å². The summed E-state index contributed by atoms with van der Waals surface area (Å²) in [4.78, 5) is 26.1. The Bertz CT molecular complexity index is 1360. The van der Waals surface area contributed by atoms with Crippen LogP contribution in [-0.4, -0.2) is 38.6 Å². The fraction of sp³-hybridized carbons (Fsp3) is 0.154. The van der Waals surface area contributed by atoms with Gasteiger partial charge >= 0.3 is 0 Å². The second kappa shape index (κ2) is 9.19. The Hall–Kier alpha value is -4.46. The number of furan rings is 1. The summed E-state index contributed by atoms with van der Waals surface area (Å²) < 4.78 is 27.7. The SMILES string of the molecule is COc1ccc(OCC(=O)Nc2c(C(=O)c3ccc4c(c3)OCCO4)oc3ccccc23)cc1. The molecular formula is C26H21NO7. The van der Waals surface area contributed by atoms with Crippen molar-refractivity contribution in [3.63, 3.8) is 0 Å². The summed E-state index contributed by atoms with van der Waals surface area (Å²) in [6.45, 7) is 0.618. The normalized spacial score (nSPS) is 12.3. The summed E-state index contributed by atoms with van der Waals surface area (Å²) in [5.41, 5.74) is 1.13. The van der Waals surface area contributed by atoms with Crippen LogP contribution in [0.5, 0.6) is 23.0 Å². The van der Waals surface area contributed by atoms with Crippen molar-refractivity contribution < 1.29 is 33.0 Å². The molecule has 2 heterocycles. The van der Waals surface area contributed by atoms with E-state index in [4.69, 9.17) is 23.4 Å². The number of para-hydroxylation sites is 1. The zero-order chi connectivity index (χ0) is 23.5. The van der Waals surface area contributed by atoms with Gasteiger partial charge in [0, 0.05) is 10.9 Å². The molecular weight excluding hydrogens is 438 g/mol. The highest BCUT2D eigenvalue weighted by atomic mass is 16.6. The number of nitrogens with one attached hydrogen (secondary N) is 1. The smallest absolute Gasteiger partial charge is 0.262 e. The van der Waals surface area contributed by atoms with Crippen LogP contribution in [0.15, 0.2) is 71.1 Å². The predicted octanol–water partition coefficient (Wildman–Crippen LogP) is 4.46. The van der Waals surface area contributed by atoms with Gasteiger partial charge in [-0.25, -0.2) is 0 Å². The van der Waals surface area contributed by atoms with E-state index in [1.54, 1.807) is 73.8 Å². The van der Waals surface area contributed by atoms with E-state index >= 15 is 0 Å². The molecule has 4 aromatic rings. The number of ether oxygens (including phenoxy) is 4. The molecule has 172 valence electrons. The zero-order valence-electron chi connectivity index (χ0n) is 18.3. The van der Waals surface area contributed by atoms with Gasteiger partial charge in [-0.05, 0) is 54.6 Å². The fourth-order valence-corrected chi connectivity index (χ4v) is 3.64. The van der Waals surface area contributed by atoms with Gasteiger partial charge in [-0.1, -0.05) is 12.1 Å². The maximum Gasteiger partial charge on any atom is 0.262 e. The third-order valence-electron chi connectivity index (χ3n) is 5.30. The minimum atomic E-state index is -0.432. The fourth-order valence-electron chi connectivity index (χ4n) is 3.64. The molecule has 0 saturated carbocycles. The average Bonchev–Trinajstić information content (AvgIpc) is 3.25. The number of carbonyl (C=O) groups excluding carboxylic acids is 2. The van der Waals surface area contributed by atoms with Crippen molar-refractivity contribution >= 4 is 28.3 Å². The molecule has 1 N–H and O–H groups in total. The van der Waals surface area contributed by atoms with Crippen molar-refractivity contribution in [2.24, 2.45) is 0 Å². The van der Waals surface area contributed by atoms with E-state index in [2.05, 4.69) is 5.32 Å². The lowest BCUT2D eigenvalue weighted by molar-refractivity contribution is -0.118. The van der Waals surface area contributed by atoms with Crippen LogP contribution < -0.4 is 24.3 Å². The predicted molar refractivity (Wildman–Crippen MR) is 124 cm³/mol. The first kappa shape index (κ1) is 21.4. The Morgan fingerprint density at radius 1 is 0.912 bits per heavy atom. The molecule has 5 rings (SSSR count). The van der Waals surface area contributed by atoms with E-state index in [0.29, 0.717) is 58.4 Å². The molecule has 8 nitrogen and oxygen atoms in total. The summed E-state index contributed by atoms with van der Waals surface area (Å²) in [5.74, 6) is 1.47. The van der Waals surface area contributed by atoms with E-state index < -0.39 is 5.91 Å². The Morgan fingerprint density at radius 3 is 2.44 bits per heavy atom. The minimum Gasteiger partial charge on any atom is -0.497 e. The van der Waals surface area contributed by atoms with Gasteiger partial charge in [-0.15, -0.1) is 0 Å². The molecule has 0 saturated heterocycles. The molecule has 8 heteroatoms. The highest BCUT2D eigenvalue weighted by molar-refractivity contribution is 6.17. The van der Waals surface area contributed by atoms with Crippen LogP contribution in [0.3, 0.4) is 0 Å². The standard InChI is InChI=1S/C26H21NO7/c1-30-17-7-9-18(10-8-17)33-15-23(28)27-24-19-4-2-3-5-20(19)34-26(24)25(29)16-6-11-21-22(14-16)32-13-12-31-21/h2-11,14H,12-13,15H2,1H3,(H,27,28). The van der Waals surface area contributed by atoms with Crippen molar-refractivity contribution in [1.82, 2.24) is 0 Å². The van der Waals surface area contributed by atoms with Crippen molar-refractivity contribution in [2.75, 3.05) is 32.2 Å². The maximum absolute atomic E-state index is 13.4. The van der Waals surface area contributed by atoms with Gasteiger partial charge in [0.1, 0.15) is 30.3 Å². The van der Waals surface area contributed by atoms with Crippen molar-refractivity contribution in [3.05, 3.63) is 78.1 Å². The topological polar surface area (TPSA) is 96.2 Å². The van der Waals surface area contributed by atoms with Crippen molar-refractivity contribution in [3.8, 4) is 23.0 Å². The lowest BCUT2D eigenvalue weighted by Crippen LogP contribution is -2.21. The third-order valence-corrected chi connectivity index (χ3v) is 5.30. The molecule has 3 aromatic carbocycles. The lowest BCUT2D eigenvalue weighted by atomic mass is 10.1. The van der Waals surface area contributed by atoms with Gasteiger partial charge in [0.15, 0.2) is 23.9 Å². The maximum atomic E-state index is 13.4. The molecule has 34 heavy (non-hydrogen) atoms. The monoisotopic (exact) mass is 459 g/mol. The highest BCUT2D eigenvalue weighted by Crippen LogP contribution is 2.35. The largest absolute Gasteiger partial charge is 0.497 e. The lowest BCUT2D eigenvalue weighted by Gasteiger charge is -2.18. The first-order valence-corrected chi connectivity index (χ1v) is 10.6. The van der Waals surface area contributed by atoms with Crippen LogP contribution in [-0.2, 0) is 4.79 Å². The Morgan fingerprint density at radius 2 is 1.65 bits per heavy atom. The van der Waals surface area contributed by atoms with Crippen LogP contribution >= 0.6 is 0 Å². The number of rotatable bonds is 7. The number of anilines is 1. The van der Waals surface area contributed by atoms with E-state index in [9.17, 15) is 9.59 Å². The van der Waals surface area contributed by atoms with Crippen LogP contribution in [0.1, 0.15) is 16.1 Å². The van der Waals surface area contributed by atoms with Gasteiger partial charge in [0.2, 0.25) is 5.78 Å². The Labute approximate surface area is 195 Å². The summed E-state index contributed by atoms with van der Waals surface area (Å²) >= 11 is 0. The number of fused-ring (bicyclic) bond motifs is 2. The molecule has 1 aromatic heterocycles. The number of hydrogen-bond acceptors (Lipinski definition) is 7. The number of ketones is 1. The molecule has 0 bridgehead atoms. The quantitative estimate of drug-likeness (QED) is 0.408. The van der Waals surface area contributed by atoms with E-state index in [1.165, 1.54) is 0 Å². The number of amides is 1. The van der Waals surface area contributed by atoms with Crippen molar-refractivity contribution in [2.45, 2.75) is 0 Å². The average molecular weight is 459 g/mol. The first-order valence-electron chi connectivity index (χ1n) is 10.6. The second-order valence-corrected chi connectivity index (χ2v) is 7.50. The number of carbonyl (C=O) groups is 2. The van der Waals surface area contributed by atoms with Crippen molar-refractivity contribution in [1.29, 1.82) is 0 Å². The molecule has 1 amide bonds. The highest BCUT2D eigenvalue weighted by Gasteiger charge is 2.25. The summed E-state index contributed by atoms with van der Waals surface area (Å²) in [5, 5.41) is 3.39. The summed E-state index contributed by atoms with van der Waals surface area (Å²) in [6, 6.07) is 18.9. The van der Waals surface area contributed by atoms with Gasteiger partial charge < -0.3 is 28.7 Å². The molecule has 1 aliphatic heterocycles. The molecule has 0 atom stereocenters. The second-order valence-electron chi connectivity index (χ2n) is 7.50. The number of benzene rings is 3. The summed E-state index contributed by atoms with van der Waals surface area (Å²) in [6.07, 6.45) is 0. The third kappa shape index (κ3) is 4.25. The first-order chi connectivity index (χ1) is 16.6.